The van der Waals surface area contributed by atoms with Gasteiger partial charge in [-0.25, -0.2) is 9.37 Å². The predicted molar refractivity (Wildman–Crippen MR) is 90.8 cm³/mol. The molecule has 118 valence electrons. The van der Waals surface area contributed by atoms with E-state index in [0.717, 1.165) is 23.7 Å². The number of hydrogen-bond acceptors (Lipinski definition) is 4. The Hall–Kier alpha value is -1.17. The van der Waals surface area contributed by atoms with Crippen LogP contribution in [0.1, 0.15) is 30.2 Å². The normalized spacial score (nSPS) is 19.0. The first-order chi connectivity index (χ1) is 10.5. The number of rotatable bonds is 3. The van der Waals surface area contributed by atoms with Crippen molar-refractivity contribution in [3.63, 3.8) is 0 Å². The van der Waals surface area contributed by atoms with E-state index in [1.54, 1.807) is 13.0 Å². The fraction of sp³-hybridized carbons (Fsp3) is 0.438. The summed E-state index contributed by atoms with van der Waals surface area (Å²) in [6.07, 6.45) is 2.43. The maximum Gasteiger partial charge on any atom is 0.180 e. The van der Waals surface area contributed by atoms with E-state index in [-0.39, 0.29) is 5.82 Å². The van der Waals surface area contributed by atoms with Crippen molar-refractivity contribution >= 4 is 28.1 Å². The number of nitrogen functional groups attached to an aromatic ring is 1. The highest BCUT2D eigenvalue weighted by Gasteiger charge is 2.23. The molecule has 0 aliphatic carbocycles. The Bertz CT molecular complexity index is 678. The Kier molecular flexibility index (Phi) is 4.39. The average molecular weight is 340 g/mol. The van der Waals surface area contributed by atoms with E-state index in [1.165, 1.54) is 30.2 Å². The molecule has 2 N–H and O–H groups in total. The van der Waals surface area contributed by atoms with E-state index in [1.807, 2.05) is 0 Å². The summed E-state index contributed by atoms with van der Waals surface area (Å²) in [5, 5.41) is 0.927. The molecule has 0 amide bonds. The zero-order valence-corrected chi connectivity index (χ0v) is 14.3. The van der Waals surface area contributed by atoms with Gasteiger partial charge >= 0.3 is 0 Å². The number of nitrogens with two attached hydrogens (primary N) is 1. The summed E-state index contributed by atoms with van der Waals surface area (Å²) in [5.41, 5.74) is 7.80. The van der Waals surface area contributed by atoms with Gasteiger partial charge in [0, 0.05) is 33.6 Å². The summed E-state index contributed by atoms with van der Waals surface area (Å²) in [7, 11) is 0. The van der Waals surface area contributed by atoms with Gasteiger partial charge < -0.3 is 5.73 Å². The fourth-order valence-corrected chi connectivity index (χ4v) is 3.98. The molecule has 0 saturated carbocycles. The van der Waals surface area contributed by atoms with Crippen molar-refractivity contribution in [3.05, 3.63) is 33.4 Å². The molecule has 1 saturated heterocycles. The minimum absolute atomic E-state index is 0.311. The zero-order chi connectivity index (χ0) is 15.9. The molecule has 2 heterocycles. The first-order valence-corrected chi connectivity index (χ1v) is 8.60. The van der Waals surface area contributed by atoms with Crippen molar-refractivity contribution in [2.75, 3.05) is 12.3 Å². The van der Waals surface area contributed by atoms with Crippen LogP contribution in [0.4, 0.5) is 9.52 Å². The van der Waals surface area contributed by atoms with E-state index in [4.69, 9.17) is 17.3 Å². The number of aromatic nitrogens is 1. The highest BCUT2D eigenvalue weighted by atomic mass is 35.5. The van der Waals surface area contributed by atoms with Gasteiger partial charge in [0.25, 0.3) is 0 Å². The van der Waals surface area contributed by atoms with E-state index in [0.29, 0.717) is 27.3 Å². The number of thiazole rings is 1. The van der Waals surface area contributed by atoms with Crippen LogP contribution in [0.25, 0.3) is 11.3 Å². The predicted octanol–water partition coefficient (Wildman–Crippen LogP) is 4.48. The Morgan fingerprint density at radius 1 is 1.50 bits per heavy atom. The molecule has 1 fully saturated rings. The third-order valence-corrected chi connectivity index (χ3v) is 5.57. The maximum atomic E-state index is 14.0. The molecule has 1 aromatic heterocycles. The van der Waals surface area contributed by atoms with Crippen LogP contribution in [0.15, 0.2) is 12.1 Å². The van der Waals surface area contributed by atoms with Crippen LogP contribution < -0.4 is 5.73 Å². The molecule has 1 atom stereocenters. The Morgan fingerprint density at radius 3 is 2.91 bits per heavy atom. The fourth-order valence-electron chi connectivity index (χ4n) is 2.90. The summed E-state index contributed by atoms with van der Waals surface area (Å²) in [6.45, 7) is 5.79. The minimum Gasteiger partial charge on any atom is -0.375 e. The number of halogens is 2. The zero-order valence-electron chi connectivity index (χ0n) is 12.7. The van der Waals surface area contributed by atoms with Gasteiger partial charge in [-0.2, -0.15) is 0 Å². The molecule has 0 radical (unpaired) electrons. The van der Waals surface area contributed by atoms with Gasteiger partial charge in [0.05, 0.1) is 5.69 Å². The Labute approximate surface area is 138 Å². The lowest BCUT2D eigenvalue weighted by molar-refractivity contribution is 0.263. The summed E-state index contributed by atoms with van der Waals surface area (Å²) < 4.78 is 14.0. The second-order valence-corrected chi connectivity index (χ2v) is 7.37. The summed E-state index contributed by atoms with van der Waals surface area (Å²) in [6, 6.07) is 3.83. The van der Waals surface area contributed by atoms with Gasteiger partial charge in [-0.15, -0.1) is 11.3 Å². The lowest BCUT2D eigenvalue weighted by Gasteiger charge is -2.20. The molecule has 1 aliphatic heterocycles. The molecule has 0 unspecified atom stereocenters. The van der Waals surface area contributed by atoms with Crippen molar-refractivity contribution in [1.29, 1.82) is 0 Å². The smallest absolute Gasteiger partial charge is 0.180 e. The summed E-state index contributed by atoms with van der Waals surface area (Å²) >= 11 is 7.59. The third-order valence-electron chi connectivity index (χ3n) is 4.31. The molecule has 2 aromatic rings. The van der Waals surface area contributed by atoms with Gasteiger partial charge in [-0.05, 0) is 45.4 Å². The van der Waals surface area contributed by atoms with Crippen molar-refractivity contribution in [1.82, 2.24) is 9.88 Å². The molecule has 3 nitrogen and oxygen atoms in total. The van der Waals surface area contributed by atoms with E-state index in [2.05, 4.69) is 16.8 Å². The first kappa shape index (κ1) is 15.7. The molecule has 1 aliphatic rings. The van der Waals surface area contributed by atoms with E-state index < -0.39 is 0 Å². The van der Waals surface area contributed by atoms with Gasteiger partial charge in [-0.3, -0.25) is 4.90 Å². The quantitative estimate of drug-likeness (QED) is 0.896. The molecule has 1 aromatic carbocycles. The second kappa shape index (κ2) is 6.14. The number of nitrogens with zero attached hydrogens (tertiary/aromatic N) is 2. The second-order valence-electron chi connectivity index (χ2n) is 5.85. The molecule has 6 heteroatoms. The molecular weight excluding hydrogens is 321 g/mol. The number of hydrogen-bond donors (Lipinski definition) is 1. The molecular formula is C16H19ClFN3S. The number of likely N-dealkylation sites (tertiary alicyclic amines) is 1. The first-order valence-electron chi connectivity index (χ1n) is 7.41. The molecule has 3 rings (SSSR count). The molecule has 0 bridgehead atoms. The Balaban J connectivity index is 1.97. The van der Waals surface area contributed by atoms with Crippen LogP contribution in [-0.4, -0.2) is 22.5 Å². The number of benzene rings is 1. The summed E-state index contributed by atoms with van der Waals surface area (Å²) in [5.74, 6) is -0.311. The number of anilines is 1. The van der Waals surface area contributed by atoms with Crippen LogP contribution >= 0.6 is 22.9 Å². The van der Waals surface area contributed by atoms with Crippen LogP contribution in [0.3, 0.4) is 0 Å². The lowest BCUT2D eigenvalue weighted by atomic mass is 10.1. The van der Waals surface area contributed by atoms with E-state index in [9.17, 15) is 4.39 Å². The highest BCUT2D eigenvalue weighted by Crippen LogP contribution is 2.35. The maximum absolute atomic E-state index is 14.0. The standard InChI is InChI=1S/C16H19ClFN3S/c1-9-4-3-5-21(9)8-14-15(20-16(19)22-14)11-6-12(17)10(2)13(18)7-11/h6-7,9H,3-5,8H2,1-2H3,(H2,19,20)/t9-/m1/s1. The van der Waals surface area contributed by atoms with Crippen molar-refractivity contribution in [2.24, 2.45) is 0 Å². The topological polar surface area (TPSA) is 42.1 Å². The monoisotopic (exact) mass is 339 g/mol. The van der Waals surface area contributed by atoms with E-state index >= 15 is 0 Å². The largest absolute Gasteiger partial charge is 0.375 e. The van der Waals surface area contributed by atoms with Crippen molar-refractivity contribution in [3.8, 4) is 11.3 Å². The molecule has 0 spiro atoms. The van der Waals surface area contributed by atoms with Gasteiger partial charge in [0.2, 0.25) is 0 Å². The van der Waals surface area contributed by atoms with Gasteiger partial charge in [0.15, 0.2) is 5.13 Å². The van der Waals surface area contributed by atoms with Crippen molar-refractivity contribution < 1.29 is 4.39 Å². The molecule has 22 heavy (non-hydrogen) atoms. The van der Waals surface area contributed by atoms with Crippen LogP contribution in [0, 0.1) is 12.7 Å². The SMILES string of the molecule is Cc1c(F)cc(-c2nc(N)sc2CN2CCC[C@H]2C)cc1Cl. The Morgan fingerprint density at radius 2 is 2.27 bits per heavy atom. The van der Waals surface area contributed by atoms with Crippen LogP contribution in [-0.2, 0) is 6.54 Å². The average Bonchev–Trinajstić information content (AvgIpc) is 3.02. The van der Waals surface area contributed by atoms with Gasteiger partial charge in [0.1, 0.15) is 5.82 Å². The van der Waals surface area contributed by atoms with Crippen LogP contribution in [0.5, 0.6) is 0 Å². The highest BCUT2D eigenvalue weighted by molar-refractivity contribution is 7.15. The van der Waals surface area contributed by atoms with Crippen LogP contribution in [0.2, 0.25) is 5.02 Å². The van der Waals surface area contributed by atoms with Crippen molar-refractivity contribution in [2.45, 2.75) is 39.3 Å². The summed E-state index contributed by atoms with van der Waals surface area (Å²) in [4.78, 5) is 7.90. The lowest BCUT2D eigenvalue weighted by Crippen LogP contribution is -2.25. The third kappa shape index (κ3) is 2.98. The van der Waals surface area contributed by atoms with Gasteiger partial charge in [-0.1, -0.05) is 11.6 Å². The minimum atomic E-state index is -0.311.